The van der Waals surface area contributed by atoms with Gasteiger partial charge in [0.25, 0.3) is 0 Å². The van der Waals surface area contributed by atoms with E-state index in [-0.39, 0.29) is 12.8 Å². The minimum atomic E-state index is -7.89. The standard InChI is InChI=1S/C18H15F13O2/c19-13(20,8-2-1-3-10-4-6-11(7-5-10)9-12(32)33)14(21,22)15(23,24)16(25,26)17(27,28)18(29,30)31/h4-7H,1-3,8-9H2,(H,32,33). The molecular formula is C18H15F13O2. The lowest BCUT2D eigenvalue weighted by Crippen LogP contribution is -2.70. The van der Waals surface area contributed by atoms with E-state index in [1.807, 2.05) is 0 Å². The summed E-state index contributed by atoms with van der Waals surface area (Å²) in [5.41, 5.74) is 0.733. The quantitative estimate of drug-likeness (QED) is 0.264. The Labute approximate surface area is 177 Å². The highest BCUT2D eigenvalue weighted by Crippen LogP contribution is 2.60. The van der Waals surface area contributed by atoms with Gasteiger partial charge in [-0.2, -0.15) is 57.1 Å². The molecule has 0 aliphatic carbocycles. The molecule has 0 aliphatic heterocycles. The van der Waals surface area contributed by atoms with Crippen molar-refractivity contribution in [1.82, 2.24) is 0 Å². The molecule has 33 heavy (non-hydrogen) atoms. The smallest absolute Gasteiger partial charge is 0.460 e. The SMILES string of the molecule is O=C(O)Cc1ccc(CCCCC(F)(F)C(F)(F)C(F)(F)C(F)(F)C(F)(F)C(F)(F)F)cc1. The molecule has 190 valence electrons. The van der Waals surface area contributed by atoms with Crippen LogP contribution in [0.2, 0.25) is 0 Å². The summed E-state index contributed by atoms with van der Waals surface area (Å²) in [6.45, 7) is 0. The second-order valence-corrected chi connectivity index (χ2v) is 7.09. The zero-order chi connectivity index (χ0) is 26.1. The van der Waals surface area contributed by atoms with Gasteiger partial charge < -0.3 is 5.11 Å². The molecule has 0 unspecified atom stereocenters. The predicted octanol–water partition coefficient (Wildman–Crippen LogP) is 6.77. The molecule has 0 heterocycles. The van der Waals surface area contributed by atoms with Crippen molar-refractivity contribution < 1.29 is 67.0 Å². The first-order valence-corrected chi connectivity index (χ1v) is 8.87. The molecule has 0 spiro atoms. The molecule has 2 nitrogen and oxygen atoms in total. The maximum absolute atomic E-state index is 13.7. The van der Waals surface area contributed by atoms with E-state index in [1.165, 1.54) is 24.3 Å². The van der Waals surface area contributed by atoms with E-state index in [2.05, 4.69) is 0 Å². The zero-order valence-electron chi connectivity index (χ0n) is 16.1. The summed E-state index contributed by atoms with van der Waals surface area (Å²) in [6, 6.07) is 5.38. The van der Waals surface area contributed by atoms with Crippen molar-refractivity contribution in [3.05, 3.63) is 35.4 Å². The Morgan fingerprint density at radius 2 is 1.06 bits per heavy atom. The molecule has 0 radical (unpaired) electrons. The van der Waals surface area contributed by atoms with Crippen molar-refractivity contribution in [2.24, 2.45) is 0 Å². The number of rotatable bonds is 11. The molecule has 0 aliphatic rings. The zero-order valence-corrected chi connectivity index (χ0v) is 16.1. The van der Waals surface area contributed by atoms with E-state index < -0.39 is 61.0 Å². The third kappa shape index (κ3) is 5.48. The monoisotopic (exact) mass is 510 g/mol. The van der Waals surface area contributed by atoms with Crippen molar-refractivity contribution >= 4 is 5.97 Å². The molecule has 1 aromatic carbocycles. The van der Waals surface area contributed by atoms with Crippen LogP contribution in [0.3, 0.4) is 0 Å². The molecule has 0 aromatic heterocycles. The highest BCUT2D eigenvalue weighted by atomic mass is 19.4. The van der Waals surface area contributed by atoms with Gasteiger partial charge in [-0.3, -0.25) is 4.79 Å². The van der Waals surface area contributed by atoms with Gasteiger partial charge in [-0.25, -0.2) is 0 Å². The van der Waals surface area contributed by atoms with Gasteiger partial charge in [-0.1, -0.05) is 24.3 Å². The maximum atomic E-state index is 13.7. The lowest BCUT2D eigenvalue weighted by molar-refractivity contribution is -0.440. The molecule has 1 N–H and O–H groups in total. The van der Waals surface area contributed by atoms with E-state index in [0.29, 0.717) is 11.1 Å². The fourth-order valence-corrected chi connectivity index (χ4v) is 2.63. The number of halogens is 13. The summed E-state index contributed by atoms with van der Waals surface area (Å²) in [6.07, 6.45) is -11.5. The van der Waals surface area contributed by atoms with Crippen LogP contribution in [0.15, 0.2) is 24.3 Å². The van der Waals surface area contributed by atoms with Gasteiger partial charge in [-0.05, 0) is 30.4 Å². The largest absolute Gasteiger partial charge is 0.481 e. The average Bonchev–Trinajstić information content (AvgIpc) is 2.64. The van der Waals surface area contributed by atoms with Crippen LogP contribution in [-0.4, -0.2) is 46.9 Å². The second-order valence-electron chi connectivity index (χ2n) is 7.09. The number of hydrogen-bond acceptors (Lipinski definition) is 1. The van der Waals surface area contributed by atoms with Crippen molar-refractivity contribution in [3.8, 4) is 0 Å². The third-order valence-electron chi connectivity index (χ3n) is 4.58. The van der Waals surface area contributed by atoms with Gasteiger partial charge in [0.1, 0.15) is 0 Å². The molecule has 0 amide bonds. The number of benzene rings is 1. The first kappa shape index (κ1) is 28.8. The van der Waals surface area contributed by atoms with Crippen molar-refractivity contribution in [1.29, 1.82) is 0 Å². The number of hydrogen-bond donors (Lipinski definition) is 1. The molecular weight excluding hydrogens is 495 g/mol. The van der Waals surface area contributed by atoms with Gasteiger partial charge in [0, 0.05) is 6.42 Å². The highest BCUT2D eigenvalue weighted by Gasteiger charge is 2.90. The summed E-state index contributed by atoms with van der Waals surface area (Å²) in [4.78, 5) is 10.5. The first-order chi connectivity index (χ1) is 14.6. The Morgan fingerprint density at radius 1 is 0.636 bits per heavy atom. The number of aryl methyl sites for hydroxylation is 1. The number of carboxylic acid groups (broad SMARTS) is 1. The Bertz CT molecular complexity index is 814. The van der Waals surface area contributed by atoms with E-state index in [0.717, 1.165) is 0 Å². The summed E-state index contributed by atoms with van der Waals surface area (Å²) in [5.74, 6) is -37.8. The normalized spacial score (nSPS) is 14.5. The van der Waals surface area contributed by atoms with Gasteiger partial charge in [-0.15, -0.1) is 0 Å². The molecule has 0 atom stereocenters. The number of unbranched alkanes of at least 4 members (excludes halogenated alkanes) is 1. The number of carbonyl (C=O) groups is 1. The molecule has 15 heteroatoms. The Morgan fingerprint density at radius 3 is 1.48 bits per heavy atom. The van der Waals surface area contributed by atoms with Crippen LogP contribution in [0.1, 0.15) is 30.4 Å². The Hall–Kier alpha value is -2.22. The Kier molecular flexibility index (Phi) is 8.03. The Balaban J connectivity index is 2.90. The third-order valence-corrected chi connectivity index (χ3v) is 4.58. The van der Waals surface area contributed by atoms with Crippen LogP contribution in [0.25, 0.3) is 0 Å². The predicted molar refractivity (Wildman–Crippen MR) is 86.1 cm³/mol. The lowest BCUT2D eigenvalue weighted by atomic mass is 9.91. The van der Waals surface area contributed by atoms with Gasteiger partial charge >= 0.3 is 41.8 Å². The van der Waals surface area contributed by atoms with Crippen LogP contribution in [0.4, 0.5) is 57.1 Å². The van der Waals surface area contributed by atoms with Gasteiger partial charge in [0.15, 0.2) is 0 Å². The molecule has 0 saturated carbocycles. The lowest BCUT2D eigenvalue weighted by Gasteiger charge is -2.39. The van der Waals surface area contributed by atoms with Crippen molar-refractivity contribution in [2.45, 2.75) is 67.9 Å². The van der Waals surface area contributed by atoms with Crippen LogP contribution in [-0.2, 0) is 17.6 Å². The number of aliphatic carboxylic acids is 1. The summed E-state index contributed by atoms with van der Waals surface area (Å²) in [7, 11) is 0. The van der Waals surface area contributed by atoms with E-state index in [9.17, 15) is 61.9 Å². The molecule has 1 aromatic rings. The van der Waals surface area contributed by atoms with Crippen molar-refractivity contribution in [3.63, 3.8) is 0 Å². The van der Waals surface area contributed by atoms with Crippen LogP contribution in [0, 0.1) is 0 Å². The van der Waals surface area contributed by atoms with Crippen molar-refractivity contribution in [2.75, 3.05) is 0 Å². The minimum absolute atomic E-state index is 0.131. The molecule has 0 saturated heterocycles. The summed E-state index contributed by atoms with van der Waals surface area (Å²) >= 11 is 0. The average molecular weight is 510 g/mol. The first-order valence-electron chi connectivity index (χ1n) is 8.87. The topological polar surface area (TPSA) is 37.3 Å². The van der Waals surface area contributed by atoms with Crippen LogP contribution >= 0.6 is 0 Å². The van der Waals surface area contributed by atoms with Crippen LogP contribution in [0.5, 0.6) is 0 Å². The van der Waals surface area contributed by atoms with Gasteiger partial charge in [0.2, 0.25) is 0 Å². The fraction of sp³-hybridized carbons (Fsp3) is 0.611. The molecule has 0 bridgehead atoms. The summed E-state index contributed by atoms with van der Waals surface area (Å²) < 4.78 is 169. The fourth-order valence-electron chi connectivity index (χ4n) is 2.63. The number of carboxylic acids is 1. The van der Waals surface area contributed by atoms with E-state index >= 15 is 0 Å². The maximum Gasteiger partial charge on any atom is 0.460 e. The van der Waals surface area contributed by atoms with E-state index in [4.69, 9.17) is 5.11 Å². The minimum Gasteiger partial charge on any atom is -0.481 e. The summed E-state index contributed by atoms with van der Waals surface area (Å²) in [5, 5.41) is 8.61. The molecule has 0 fully saturated rings. The van der Waals surface area contributed by atoms with Gasteiger partial charge in [0.05, 0.1) is 6.42 Å². The highest BCUT2D eigenvalue weighted by molar-refractivity contribution is 5.70. The van der Waals surface area contributed by atoms with Crippen LogP contribution < -0.4 is 0 Å². The number of alkyl halides is 13. The molecule has 1 rings (SSSR count). The van der Waals surface area contributed by atoms with E-state index in [1.54, 1.807) is 0 Å². The second kappa shape index (κ2) is 9.20.